The highest BCUT2D eigenvalue weighted by Crippen LogP contribution is 2.38. The molecule has 1 aromatic carbocycles. The molecule has 1 aromatic rings. The number of halogens is 3. The number of hydrogen-bond acceptors (Lipinski definition) is 7. The third-order valence-corrected chi connectivity index (χ3v) is 7.72. The average Bonchev–Trinajstić information content (AvgIpc) is 3.18. The van der Waals surface area contributed by atoms with Gasteiger partial charge < -0.3 is 25.1 Å². The van der Waals surface area contributed by atoms with Crippen LogP contribution in [0.25, 0.3) is 0 Å². The molecule has 0 bridgehead atoms. The largest absolute Gasteiger partial charge is 0.416 e. The number of amides is 1. The van der Waals surface area contributed by atoms with E-state index in [1.807, 2.05) is 12.2 Å². The molecule has 0 aliphatic heterocycles. The Balaban J connectivity index is 1.68. The molecule has 3 N–H and O–H groups in total. The third kappa shape index (κ3) is 12.8. The summed E-state index contributed by atoms with van der Waals surface area (Å²) in [6, 6.07) is 5.09. The van der Waals surface area contributed by atoms with Crippen LogP contribution in [0.1, 0.15) is 75.3 Å². The van der Waals surface area contributed by atoms with Gasteiger partial charge in [0, 0.05) is 20.0 Å². The highest BCUT2D eigenvalue weighted by atomic mass is 19.4. The SMILES string of the molecule is CN(CCCCO[N+](=O)[O-])C(=O)CCC/C=C\C[C@@H]1[C@@H](CC[C@@H](O)CCc2cccc(C(F)(F)F)c2)[C@H](O)C[C@@H]1O. The monoisotopic (exact) mass is 588 g/mol. The predicted molar refractivity (Wildman–Crippen MR) is 146 cm³/mol. The van der Waals surface area contributed by atoms with Gasteiger partial charge in [0.05, 0.1) is 30.5 Å². The van der Waals surface area contributed by atoms with Gasteiger partial charge >= 0.3 is 6.18 Å². The Kier molecular flexibility index (Phi) is 14.6. The molecule has 2 rings (SSSR count). The molecule has 1 aliphatic rings. The van der Waals surface area contributed by atoms with Crippen LogP contribution in [0.15, 0.2) is 36.4 Å². The number of aliphatic hydroxyl groups is 3. The number of unbranched alkanes of at least 4 members (excludes halogenated alkanes) is 2. The summed E-state index contributed by atoms with van der Waals surface area (Å²) in [6.07, 6.45) is 2.56. The molecule has 232 valence electrons. The zero-order valence-corrected chi connectivity index (χ0v) is 23.5. The van der Waals surface area contributed by atoms with E-state index in [1.54, 1.807) is 18.0 Å². The number of carbonyl (C=O) groups excluding carboxylic acids is 1. The highest BCUT2D eigenvalue weighted by molar-refractivity contribution is 5.75. The molecule has 9 nitrogen and oxygen atoms in total. The summed E-state index contributed by atoms with van der Waals surface area (Å²) in [4.78, 5) is 28.2. The van der Waals surface area contributed by atoms with E-state index in [1.165, 1.54) is 6.07 Å². The van der Waals surface area contributed by atoms with Crippen molar-refractivity contribution in [3.8, 4) is 0 Å². The van der Waals surface area contributed by atoms with Gasteiger partial charge in [-0.15, -0.1) is 10.1 Å². The van der Waals surface area contributed by atoms with Crippen LogP contribution in [-0.2, 0) is 22.2 Å². The number of hydrogen-bond donors (Lipinski definition) is 3. The van der Waals surface area contributed by atoms with Crippen molar-refractivity contribution in [2.75, 3.05) is 20.2 Å². The van der Waals surface area contributed by atoms with Crippen molar-refractivity contribution in [3.63, 3.8) is 0 Å². The fourth-order valence-corrected chi connectivity index (χ4v) is 5.32. The van der Waals surface area contributed by atoms with Crippen LogP contribution in [0.2, 0.25) is 0 Å². The Bertz CT molecular complexity index is 976. The van der Waals surface area contributed by atoms with Crippen LogP contribution >= 0.6 is 0 Å². The summed E-state index contributed by atoms with van der Waals surface area (Å²) >= 11 is 0. The first kappa shape index (κ1) is 34.5. The first-order valence-corrected chi connectivity index (χ1v) is 14.2. The number of rotatable bonds is 18. The molecule has 41 heavy (non-hydrogen) atoms. The molecule has 5 atom stereocenters. The summed E-state index contributed by atoms with van der Waals surface area (Å²) in [6.45, 7) is 0.510. The van der Waals surface area contributed by atoms with Gasteiger partial charge in [-0.05, 0) is 87.7 Å². The Morgan fingerprint density at radius 1 is 1.17 bits per heavy atom. The Hall–Kier alpha value is -2.70. The quantitative estimate of drug-likeness (QED) is 0.0980. The molecular formula is C29H43F3N2O7. The number of allylic oxidation sites excluding steroid dienone is 2. The molecule has 1 fully saturated rings. The minimum atomic E-state index is -4.41. The zero-order chi connectivity index (χ0) is 30.4. The van der Waals surface area contributed by atoms with Crippen LogP contribution in [0.4, 0.5) is 13.2 Å². The van der Waals surface area contributed by atoms with E-state index in [9.17, 15) is 43.4 Å². The minimum Gasteiger partial charge on any atom is -0.393 e. The van der Waals surface area contributed by atoms with E-state index >= 15 is 0 Å². The van der Waals surface area contributed by atoms with E-state index < -0.39 is 35.1 Å². The lowest BCUT2D eigenvalue weighted by Crippen LogP contribution is -2.27. The predicted octanol–water partition coefficient (Wildman–Crippen LogP) is 4.70. The Labute approximate surface area is 239 Å². The number of carbonyl (C=O) groups is 1. The molecule has 1 saturated carbocycles. The lowest BCUT2D eigenvalue weighted by molar-refractivity contribution is -0.757. The first-order valence-electron chi connectivity index (χ1n) is 14.2. The second kappa shape index (κ2) is 17.3. The molecule has 0 unspecified atom stereocenters. The molecule has 0 radical (unpaired) electrons. The standard InChI is InChI=1S/C29H43F3N2O7/c1-33(17-6-7-18-41-34(39)40)28(38)12-5-3-2-4-11-24-25(27(37)20-26(24)36)16-15-23(35)14-13-21-9-8-10-22(19-21)29(30,31)32/h2,4,8-10,19,23-27,35-37H,3,5-7,11-18,20H2,1H3/b4-2-/t23-,24+,25+,26-,27+/m0/s1. The van der Waals surface area contributed by atoms with Gasteiger partial charge in [-0.2, -0.15) is 13.2 Å². The van der Waals surface area contributed by atoms with Gasteiger partial charge in [-0.3, -0.25) is 4.79 Å². The lowest BCUT2D eigenvalue weighted by atomic mass is 9.85. The maximum absolute atomic E-state index is 12.9. The van der Waals surface area contributed by atoms with Gasteiger partial charge in [-0.25, -0.2) is 0 Å². The number of alkyl halides is 3. The summed E-state index contributed by atoms with van der Waals surface area (Å²) in [7, 11) is 1.70. The topological polar surface area (TPSA) is 133 Å². The summed E-state index contributed by atoms with van der Waals surface area (Å²) < 4.78 is 38.8. The molecule has 0 saturated heterocycles. The van der Waals surface area contributed by atoms with Crippen molar-refractivity contribution in [2.24, 2.45) is 11.8 Å². The van der Waals surface area contributed by atoms with Gasteiger partial charge in [-0.1, -0.05) is 30.4 Å². The van der Waals surface area contributed by atoms with Crippen molar-refractivity contribution in [1.29, 1.82) is 0 Å². The van der Waals surface area contributed by atoms with Crippen LogP contribution in [0.5, 0.6) is 0 Å². The molecule has 0 aromatic heterocycles. The number of nitrogens with zero attached hydrogens (tertiary/aromatic N) is 2. The summed E-state index contributed by atoms with van der Waals surface area (Å²) in [5.41, 5.74) is -0.204. The molecule has 0 heterocycles. The first-order chi connectivity index (χ1) is 19.4. The average molecular weight is 589 g/mol. The van der Waals surface area contributed by atoms with E-state index in [-0.39, 0.29) is 30.8 Å². The Morgan fingerprint density at radius 3 is 2.61 bits per heavy atom. The maximum Gasteiger partial charge on any atom is 0.416 e. The van der Waals surface area contributed by atoms with Crippen molar-refractivity contribution < 1.29 is 43.2 Å². The van der Waals surface area contributed by atoms with Crippen LogP contribution in [-0.4, -0.2) is 69.7 Å². The van der Waals surface area contributed by atoms with E-state index in [2.05, 4.69) is 4.84 Å². The van der Waals surface area contributed by atoms with E-state index in [0.29, 0.717) is 76.3 Å². The third-order valence-electron chi connectivity index (χ3n) is 7.72. The van der Waals surface area contributed by atoms with Crippen molar-refractivity contribution >= 4 is 5.91 Å². The van der Waals surface area contributed by atoms with Crippen molar-refractivity contribution in [2.45, 2.75) is 95.1 Å². The Morgan fingerprint density at radius 2 is 1.90 bits per heavy atom. The van der Waals surface area contributed by atoms with Gasteiger partial charge in [0.1, 0.15) is 0 Å². The molecule has 1 amide bonds. The minimum absolute atomic E-state index is 0.00499. The van der Waals surface area contributed by atoms with Gasteiger partial charge in [0.15, 0.2) is 0 Å². The molecular weight excluding hydrogens is 545 g/mol. The maximum atomic E-state index is 12.9. The van der Waals surface area contributed by atoms with Gasteiger partial charge in [0.2, 0.25) is 5.91 Å². The van der Waals surface area contributed by atoms with E-state index in [0.717, 1.165) is 12.1 Å². The normalized spacial score (nSPS) is 21.7. The van der Waals surface area contributed by atoms with E-state index in [4.69, 9.17) is 0 Å². The number of benzene rings is 1. The lowest BCUT2D eigenvalue weighted by Gasteiger charge is -2.23. The number of aliphatic hydroxyl groups excluding tert-OH is 3. The summed E-state index contributed by atoms with van der Waals surface area (Å²) in [5, 5.41) is 40.7. The summed E-state index contributed by atoms with van der Waals surface area (Å²) in [5.74, 6) is -0.359. The van der Waals surface area contributed by atoms with Crippen molar-refractivity contribution in [1.82, 2.24) is 4.90 Å². The zero-order valence-electron chi connectivity index (χ0n) is 23.5. The molecule has 0 spiro atoms. The fourth-order valence-electron chi connectivity index (χ4n) is 5.32. The second-order valence-electron chi connectivity index (χ2n) is 10.8. The molecule has 1 aliphatic carbocycles. The smallest absolute Gasteiger partial charge is 0.393 e. The number of aryl methyl sites for hydroxylation is 1. The van der Waals surface area contributed by atoms with Gasteiger partial charge in [0.25, 0.3) is 5.09 Å². The second-order valence-corrected chi connectivity index (χ2v) is 10.8. The van der Waals surface area contributed by atoms with Crippen LogP contribution < -0.4 is 0 Å². The van der Waals surface area contributed by atoms with Crippen LogP contribution in [0.3, 0.4) is 0 Å². The molecule has 12 heteroatoms. The van der Waals surface area contributed by atoms with Crippen LogP contribution in [0, 0.1) is 22.0 Å². The fraction of sp³-hybridized carbons (Fsp3) is 0.690. The van der Waals surface area contributed by atoms with Crippen molar-refractivity contribution in [3.05, 3.63) is 57.7 Å². The highest BCUT2D eigenvalue weighted by Gasteiger charge is 2.40.